The van der Waals surface area contributed by atoms with Gasteiger partial charge >= 0.3 is 0 Å². The molecule has 5 nitrogen and oxygen atoms in total. The number of anilines is 1. The number of hydrogen-bond donors (Lipinski definition) is 1. The fourth-order valence-electron chi connectivity index (χ4n) is 2.41. The van der Waals surface area contributed by atoms with Gasteiger partial charge in [-0.15, -0.1) is 0 Å². The molecule has 0 fully saturated rings. The Balaban J connectivity index is 2.12. The Hall–Kier alpha value is -2.66. The van der Waals surface area contributed by atoms with Gasteiger partial charge in [0.25, 0.3) is 0 Å². The van der Waals surface area contributed by atoms with Gasteiger partial charge in [-0.2, -0.15) is 0 Å². The van der Waals surface area contributed by atoms with Crippen LogP contribution in [-0.4, -0.2) is 22.0 Å². The predicted octanol–water partition coefficient (Wildman–Crippen LogP) is 2.89. The van der Waals surface area contributed by atoms with Crippen LogP contribution in [0.4, 0.5) is 5.82 Å². The van der Waals surface area contributed by atoms with Gasteiger partial charge in [0, 0.05) is 16.0 Å². The van der Waals surface area contributed by atoms with E-state index in [0.29, 0.717) is 23.1 Å². The Morgan fingerprint density at radius 2 is 1.88 bits per heavy atom. The third-order valence-corrected chi connectivity index (χ3v) is 3.96. The monoisotopic (exact) mass is 340 g/mol. The van der Waals surface area contributed by atoms with Crippen molar-refractivity contribution >= 4 is 34.3 Å². The summed E-state index contributed by atoms with van der Waals surface area (Å²) in [7, 11) is 0. The molecule has 1 heterocycles. The van der Waals surface area contributed by atoms with E-state index in [-0.39, 0.29) is 0 Å². The van der Waals surface area contributed by atoms with Gasteiger partial charge in [-0.25, -0.2) is 9.97 Å². The summed E-state index contributed by atoms with van der Waals surface area (Å²) in [6, 6.07) is 13.8. The molecule has 24 heavy (non-hydrogen) atoms. The van der Waals surface area contributed by atoms with Gasteiger partial charge in [0.2, 0.25) is 0 Å². The molecule has 1 N–H and O–H groups in total. The highest BCUT2D eigenvalue weighted by Gasteiger charge is 2.13. The highest BCUT2D eigenvalue weighted by molar-refractivity contribution is 6.30. The molecule has 0 aliphatic heterocycles. The normalized spacial score (nSPS) is 12.1. The van der Waals surface area contributed by atoms with Crippen molar-refractivity contribution in [3.63, 3.8) is 0 Å². The summed E-state index contributed by atoms with van der Waals surface area (Å²) in [6.45, 7) is 1.77. The van der Waals surface area contributed by atoms with Crippen LogP contribution in [0, 0.1) is 0 Å². The van der Waals surface area contributed by atoms with Crippen molar-refractivity contribution in [3.8, 4) is 11.4 Å². The molecule has 3 aromatic rings. The molecular formula is C18H15ClN3O2-. The maximum atomic E-state index is 11.2. The lowest BCUT2D eigenvalue weighted by molar-refractivity contribution is -0.306. The molecule has 0 unspecified atom stereocenters. The zero-order valence-electron chi connectivity index (χ0n) is 13.0. The highest BCUT2D eigenvalue weighted by Crippen LogP contribution is 2.26. The van der Waals surface area contributed by atoms with Gasteiger partial charge in [0.05, 0.1) is 17.5 Å². The average Bonchev–Trinajstić information content (AvgIpc) is 2.59. The Labute approximate surface area is 144 Å². The molecule has 0 saturated heterocycles. The van der Waals surface area contributed by atoms with E-state index in [4.69, 9.17) is 11.6 Å². The number of nitrogens with one attached hydrogen (secondary N) is 1. The van der Waals surface area contributed by atoms with Gasteiger partial charge in [-0.1, -0.05) is 30.7 Å². The highest BCUT2D eigenvalue weighted by atomic mass is 35.5. The Bertz CT molecular complexity index is 881. The minimum absolute atomic E-state index is 0.386. The maximum absolute atomic E-state index is 11.2. The van der Waals surface area contributed by atoms with Crippen LogP contribution >= 0.6 is 11.6 Å². The SMILES string of the molecule is CC[C@H](Nc1nc(-c2ccc(Cl)cc2)nc2ccccc12)C(=O)[O-]. The van der Waals surface area contributed by atoms with Crippen molar-refractivity contribution in [2.24, 2.45) is 0 Å². The summed E-state index contributed by atoms with van der Waals surface area (Å²) in [6.07, 6.45) is 0.386. The molecule has 0 spiro atoms. The number of aliphatic carboxylic acids is 1. The predicted molar refractivity (Wildman–Crippen MR) is 92.7 cm³/mol. The number of fused-ring (bicyclic) bond motifs is 1. The van der Waals surface area contributed by atoms with Crippen LogP contribution in [0.15, 0.2) is 48.5 Å². The van der Waals surface area contributed by atoms with Gasteiger partial charge in [-0.05, 0) is 42.8 Å². The number of carbonyl (C=O) groups is 1. The second-order valence-corrected chi connectivity index (χ2v) is 5.78. The molecule has 0 aliphatic carbocycles. The van der Waals surface area contributed by atoms with Crippen LogP contribution < -0.4 is 10.4 Å². The van der Waals surface area contributed by atoms with E-state index in [9.17, 15) is 9.90 Å². The molecule has 1 aromatic heterocycles. The summed E-state index contributed by atoms with van der Waals surface area (Å²) in [5.74, 6) is -0.184. The smallest absolute Gasteiger partial charge is 0.162 e. The summed E-state index contributed by atoms with van der Waals surface area (Å²) in [4.78, 5) is 20.3. The number of carboxylic acid groups (broad SMARTS) is 1. The fraction of sp³-hybridized carbons (Fsp3) is 0.167. The zero-order chi connectivity index (χ0) is 17.1. The Kier molecular flexibility index (Phi) is 4.62. The van der Waals surface area contributed by atoms with E-state index in [1.54, 1.807) is 19.1 Å². The number of hydrogen-bond acceptors (Lipinski definition) is 5. The van der Waals surface area contributed by atoms with E-state index in [2.05, 4.69) is 15.3 Å². The van der Waals surface area contributed by atoms with Crippen molar-refractivity contribution in [1.82, 2.24) is 9.97 Å². The van der Waals surface area contributed by atoms with Crippen molar-refractivity contribution in [1.29, 1.82) is 0 Å². The second-order valence-electron chi connectivity index (χ2n) is 5.34. The number of benzene rings is 2. The second kappa shape index (κ2) is 6.84. The molecule has 0 radical (unpaired) electrons. The lowest BCUT2D eigenvalue weighted by Crippen LogP contribution is -2.40. The number of nitrogens with zero attached hydrogens (tertiary/aromatic N) is 2. The van der Waals surface area contributed by atoms with E-state index in [1.165, 1.54) is 0 Å². The third kappa shape index (κ3) is 3.31. The number of para-hydroxylation sites is 1. The summed E-state index contributed by atoms with van der Waals surface area (Å²) >= 11 is 5.92. The van der Waals surface area contributed by atoms with Gasteiger partial charge < -0.3 is 15.2 Å². The molecule has 0 bridgehead atoms. The van der Waals surface area contributed by atoms with Crippen LogP contribution in [-0.2, 0) is 4.79 Å². The number of rotatable bonds is 5. The lowest BCUT2D eigenvalue weighted by atomic mass is 10.1. The van der Waals surface area contributed by atoms with E-state index >= 15 is 0 Å². The molecule has 6 heteroatoms. The minimum atomic E-state index is -1.16. The maximum Gasteiger partial charge on any atom is 0.162 e. The first-order chi connectivity index (χ1) is 11.6. The number of carboxylic acids is 1. The standard InChI is InChI=1S/C18H16ClN3O2/c1-2-14(18(23)24)20-17-13-5-3-4-6-15(13)21-16(22-17)11-7-9-12(19)10-8-11/h3-10,14H,2H2,1H3,(H,23,24)(H,20,21,22)/p-1/t14-/m0/s1. The molecule has 1 atom stereocenters. The molecule has 0 aliphatic rings. The van der Waals surface area contributed by atoms with E-state index in [1.807, 2.05) is 36.4 Å². The zero-order valence-corrected chi connectivity index (χ0v) is 13.7. The van der Waals surface area contributed by atoms with Gasteiger partial charge in [0.15, 0.2) is 5.82 Å². The molecule has 2 aromatic carbocycles. The van der Waals surface area contributed by atoms with Crippen LogP contribution in [0.1, 0.15) is 13.3 Å². The number of halogens is 1. The first-order valence-corrected chi connectivity index (χ1v) is 7.96. The van der Waals surface area contributed by atoms with Crippen LogP contribution in [0.3, 0.4) is 0 Å². The average molecular weight is 341 g/mol. The summed E-state index contributed by atoms with van der Waals surface area (Å²) < 4.78 is 0. The Morgan fingerprint density at radius 3 is 2.54 bits per heavy atom. The molecule has 0 saturated carbocycles. The number of carbonyl (C=O) groups excluding carboxylic acids is 1. The van der Waals surface area contributed by atoms with Crippen molar-refractivity contribution in [2.45, 2.75) is 19.4 Å². The summed E-state index contributed by atoms with van der Waals surface area (Å²) in [5, 5.41) is 15.6. The van der Waals surface area contributed by atoms with Crippen LogP contribution in [0.2, 0.25) is 5.02 Å². The largest absolute Gasteiger partial charge is 0.548 e. The van der Waals surface area contributed by atoms with E-state index < -0.39 is 12.0 Å². The first-order valence-electron chi connectivity index (χ1n) is 7.58. The lowest BCUT2D eigenvalue weighted by Gasteiger charge is -2.20. The van der Waals surface area contributed by atoms with Crippen LogP contribution in [0.25, 0.3) is 22.3 Å². The third-order valence-electron chi connectivity index (χ3n) is 3.71. The molecule has 0 amide bonds. The van der Waals surface area contributed by atoms with Gasteiger partial charge in [0.1, 0.15) is 5.82 Å². The first kappa shape index (κ1) is 16.2. The van der Waals surface area contributed by atoms with Gasteiger partial charge in [-0.3, -0.25) is 0 Å². The summed E-state index contributed by atoms with van der Waals surface area (Å²) in [5.41, 5.74) is 1.53. The van der Waals surface area contributed by atoms with Crippen molar-refractivity contribution in [3.05, 3.63) is 53.6 Å². The van der Waals surface area contributed by atoms with Crippen molar-refractivity contribution in [2.75, 3.05) is 5.32 Å². The topological polar surface area (TPSA) is 77.9 Å². The van der Waals surface area contributed by atoms with Crippen molar-refractivity contribution < 1.29 is 9.90 Å². The van der Waals surface area contributed by atoms with E-state index in [0.717, 1.165) is 16.5 Å². The molecule has 122 valence electrons. The number of aromatic nitrogens is 2. The molecular weight excluding hydrogens is 326 g/mol. The Morgan fingerprint density at radius 1 is 1.17 bits per heavy atom. The minimum Gasteiger partial charge on any atom is -0.548 e. The van der Waals surface area contributed by atoms with Crippen LogP contribution in [0.5, 0.6) is 0 Å². The quantitative estimate of drug-likeness (QED) is 0.772. The fourth-order valence-corrected chi connectivity index (χ4v) is 2.53. The molecule has 3 rings (SSSR count).